The van der Waals surface area contributed by atoms with Crippen molar-refractivity contribution in [2.24, 2.45) is 5.92 Å². The highest BCUT2D eigenvalue weighted by molar-refractivity contribution is 7.09. The molecular weight excluding hydrogens is 268 g/mol. The molecule has 0 spiro atoms. The Morgan fingerprint density at radius 3 is 2.70 bits per heavy atom. The predicted octanol–water partition coefficient (Wildman–Crippen LogP) is 2.79. The Balaban J connectivity index is 1.82. The summed E-state index contributed by atoms with van der Waals surface area (Å²) in [6.45, 7) is 0.576. The summed E-state index contributed by atoms with van der Waals surface area (Å²) in [5.74, 6) is -0.811. The van der Waals surface area contributed by atoms with Crippen LogP contribution < -0.4 is 5.32 Å². The first kappa shape index (κ1) is 14.3. The van der Waals surface area contributed by atoms with Gasteiger partial charge in [-0.3, -0.25) is 4.79 Å². The lowest BCUT2D eigenvalue weighted by Gasteiger charge is -2.10. The Kier molecular flexibility index (Phi) is 5.33. The van der Waals surface area contributed by atoms with Gasteiger partial charge in [0, 0.05) is 11.4 Å². The summed E-state index contributed by atoms with van der Waals surface area (Å²) in [5, 5.41) is 14.0. The first-order chi connectivity index (χ1) is 9.79. The maximum atomic E-state index is 12.0. The minimum absolute atomic E-state index is 0.187. The Morgan fingerprint density at radius 2 is 2.05 bits per heavy atom. The molecule has 2 aromatic rings. The molecule has 0 radical (unpaired) electrons. The van der Waals surface area contributed by atoms with Gasteiger partial charge in [0.15, 0.2) is 0 Å². The van der Waals surface area contributed by atoms with E-state index in [1.807, 2.05) is 47.8 Å². The van der Waals surface area contributed by atoms with E-state index in [1.54, 1.807) is 11.3 Å². The second-order valence-electron chi connectivity index (χ2n) is 4.49. The Labute approximate surface area is 122 Å². The van der Waals surface area contributed by atoms with E-state index in [9.17, 15) is 4.79 Å². The molecule has 1 aromatic heterocycles. The Bertz CT molecular complexity index is 572. The first-order valence-corrected chi connectivity index (χ1v) is 7.41. The van der Waals surface area contributed by atoms with E-state index in [2.05, 4.69) is 11.4 Å². The first-order valence-electron chi connectivity index (χ1n) is 6.53. The van der Waals surface area contributed by atoms with Crippen LogP contribution in [0.15, 0.2) is 47.8 Å². The molecule has 0 fully saturated rings. The molecule has 0 saturated carbocycles. The average Bonchev–Trinajstić information content (AvgIpc) is 2.99. The van der Waals surface area contributed by atoms with E-state index in [1.165, 1.54) is 4.88 Å². The molecule has 102 valence electrons. The van der Waals surface area contributed by atoms with Crippen molar-refractivity contribution in [1.29, 1.82) is 5.26 Å². The molecule has 0 aliphatic carbocycles. The third kappa shape index (κ3) is 4.22. The zero-order chi connectivity index (χ0) is 14.2. The fraction of sp³-hybridized carbons (Fsp3) is 0.250. The van der Waals surface area contributed by atoms with Gasteiger partial charge in [0.2, 0.25) is 5.91 Å². The molecule has 0 bridgehead atoms. The van der Waals surface area contributed by atoms with Crippen molar-refractivity contribution in [3.63, 3.8) is 0 Å². The van der Waals surface area contributed by atoms with E-state index in [0.29, 0.717) is 13.0 Å². The Hall–Kier alpha value is -2.12. The van der Waals surface area contributed by atoms with E-state index in [0.717, 1.165) is 12.0 Å². The normalized spacial score (nSPS) is 11.6. The van der Waals surface area contributed by atoms with Crippen molar-refractivity contribution in [1.82, 2.24) is 5.32 Å². The standard InChI is InChI=1S/C16H16N2OS/c17-12-14(11-13-5-2-1-3-6-13)16(19)18-9-8-15-7-4-10-20-15/h1-7,10,14H,8-9,11H2,(H,18,19). The molecule has 1 aromatic carbocycles. The number of amides is 1. The highest BCUT2D eigenvalue weighted by Gasteiger charge is 2.17. The van der Waals surface area contributed by atoms with Gasteiger partial charge < -0.3 is 5.32 Å². The molecule has 4 heteroatoms. The molecule has 1 atom stereocenters. The number of benzene rings is 1. The van der Waals surface area contributed by atoms with Crippen molar-refractivity contribution in [2.75, 3.05) is 6.54 Å². The highest BCUT2D eigenvalue weighted by atomic mass is 32.1. The summed E-state index contributed by atoms with van der Waals surface area (Å²) in [7, 11) is 0. The van der Waals surface area contributed by atoms with Gasteiger partial charge in [-0.1, -0.05) is 36.4 Å². The molecule has 1 heterocycles. The van der Waals surface area contributed by atoms with Crippen LogP contribution in [0.25, 0.3) is 0 Å². The fourth-order valence-corrected chi connectivity index (χ4v) is 2.64. The molecule has 0 saturated heterocycles. The topological polar surface area (TPSA) is 52.9 Å². The number of hydrogen-bond donors (Lipinski definition) is 1. The predicted molar refractivity (Wildman–Crippen MR) is 80.3 cm³/mol. The van der Waals surface area contributed by atoms with Crippen LogP contribution in [-0.4, -0.2) is 12.5 Å². The Morgan fingerprint density at radius 1 is 1.25 bits per heavy atom. The van der Waals surface area contributed by atoms with Crippen molar-refractivity contribution in [2.45, 2.75) is 12.8 Å². The second-order valence-corrected chi connectivity index (χ2v) is 5.52. The summed E-state index contributed by atoms with van der Waals surface area (Å²) in [4.78, 5) is 13.2. The molecule has 1 amide bonds. The molecular formula is C16H16N2OS. The van der Waals surface area contributed by atoms with Crippen molar-refractivity contribution in [3.8, 4) is 6.07 Å². The van der Waals surface area contributed by atoms with Crippen molar-refractivity contribution in [3.05, 3.63) is 58.3 Å². The summed E-state index contributed by atoms with van der Waals surface area (Å²) >= 11 is 1.68. The summed E-state index contributed by atoms with van der Waals surface area (Å²) in [6.07, 6.45) is 1.27. The van der Waals surface area contributed by atoms with Crippen LogP contribution >= 0.6 is 11.3 Å². The van der Waals surface area contributed by atoms with E-state index in [4.69, 9.17) is 5.26 Å². The van der Waals surface area contributed by atoms with Crippen LogP contribution in [0.2, 0.25) is 0 Å². The highest BCUT2D eigenvalue weighted by Crippen LogP contribution is 2.10. The largest absolute Gasteiger partial charge is 0.355 e. The molecule has 1 N–H and O–H groups in total. The summed E-state index contributed by atoms with van der Waals surface area (Å²) in [5.41, 5.74) is 1.01. The second kappa shape index (κ2) is 7.46. The summed E-state index contributed by atoms with van der Waals surface area (Å²) < 4.78 is 0. The summed E-state index contributed by atoms with van der Waals surface area (Å²) in [6, 6.07) is 15.7. The number of carbonyl (C=O) groups is 1. The third-order valence-electron chi connectivity index (χ3n) is 3.01. The zero-order valence-corrected chi connectivity index (χ0v) is 11.9. The van der Waals surface area contributed by atoms with Crippen LogP contribution in [0.5, 0.6) is 0 Å². The lowest BCUT2D eigenvalue weighted by Crippen LogP contribution is -2.32. The zero-order valence-electron chi connectivity index (χ0n) is 11.1. The molecule has 20 heavy (non-hydrogen) atoms. The van der Waals surface area contributed by atoms with Crippen LogP contribution in [0, 0.1) is 17.2 Å². The van der Waals surface area contributed by atoms with E-state index >= 15 is 0 Å². The number of thiophene rings is 1. The van der Waals surface area contributed by atoms with Gasteiger partial charge >= 0.3 is 0 Å². The number of rotatable bonds is 6. The number of nitriles is 1. The van der Waals surface area contributed by atoms with Crippen LogP contribution in [0.1, 0.15) is 10.4 Å². The van der Waals surface area contributed by atoms with Gasteiger partial charge in [0.25, 0.3) is 0 Å². The average molecular weight is 284 g/mol. The number of hydrogen-bond acceptors (Lipinski definition) is 3. The van der Waals surface area contributed by atoms with Gasteiger partial charge in [0.05, 0.1) is 6.07 Å². The maximum absolute atomic E-state index is 12.0. The molecule has 0 aliphatic rings. The monoisotopic (exact) mass is 284 g/mol. The minimum Gasteiger partial charge on any atom is -0.355 e. The fourth-order valence-electron chi connectivity index (χ4n) is 1.93. The van der Waals surface area contributed by atoms with E-state index < -0.39 is 5.92 Å². The van der Waals surface area contributed by atoms with Crippen LogP contribution in [0.4, 0.5) is 0 Å². The van der Waals surface area contributed by atoms with Crippen LogP contribution in [-0.2, 0) is 17.6 Å². The molecule has 3 nitrogen and oxygen atoms in total. The number of nitrogens with zero attached hydrogens (tertiary/aromatic N) is 1. The lowest BCUT2D eigenvalue weighted by atomic mass is 10.00. The van der Waals surface area contributed by atoms with Crippen molar-refractivity contribution >= 4 is 17.2 Å². The SMILES string of the molecule is N#CC(Cc1ccccc1)C(=O)NCCc1cccs1. The maximum Gasteiger partial charge on any atom is 0.237 e. The minimum atomic E-state index is -0.624. The van der Waals surface area contributed by atoms with Gasteiger partial charge in [0.1, 0.15) is 5.92 Å². The quantitative estimate of drug-likeness (QED) is 0.886. The third-order valence-corrected chi connectivity index (χ3v) is 3.94. The number of nitrogens with one attached hydrogen (secondary N) is 1. The number of carbonyl (C=O) groups excluding carboxylic acids is 1. The smallest absolute Gasteiger partial charge is 0.237 e. The van der Waals surface area contributed by atoms with Gasteiger partial charge in [-0.05, 0) is 29.9 Å². The van der Waals surface area contributed by atoms with Crippen molar-refractivity contribution < 1.29 is 4.79 Å². The lowest BCUT2D eigenvalue weighted by molar-refractivity contribution is -0.123. The van der Waals surface area contributed by atoms with E-state index in [-0.39, 0.29) is 5.91 Å². The van der Waals surface area contributed by atoms with Crippen LogP contribution in [0.3, 0.4) is 0 Å². The molecule has 1 unspecified atom stereocenters. The van der Waals surface area contributed by atoms with Gasteiger partial charge in [-0.2, -0.15) is 5.26 Å². The van der Waals surface area contributed by atoms with Gasteiger partial charge in [-0.15, -0.1) is 11.3 Å². The van der Waals surface area contributed by atoms with Gasteiger partial charge in [-0.25, -0.2) is 0 Å². The molecule has 2 rings (SSSR count). The molecule has 0 aliphatic heterocycles.